The van der Waals surface area contributed by atoms with Crippen LogP contribution in [-0.2, 0) is 4.74 Å². The van der Waals surface area contributed by atoms with Gasteiger partial charge in [0.15, 0.2) is 0 Å². The van der Waals surface area contributed by atoms with Crippen LogP contribution in [0, 0.1) is 0 Å². The average Bonchev–Trinajstić information content (AvgIpc) is 2.73. The first-order valence-corrected chi connectivity index (χ1v) is 8.92. The van der Waals surface area contributed by atoms with E-state index in [-0.39, 0.29) is 22.7 Å². The normalized spacial score (nSPS) is 14.4. The summed E-state index contributed by atoms with van der Waals surface area (Å²) in [6.07, 6.45) is 1.43. The smallest absolute Gasteiger partial charge is 0.339 e. The summed E-state index contributed by atoms with van der Waals surface area (Å²) in [7, 11) is 3.29. The Kier molecular flexibility index (Phi) is 6.00. The predicted octanol–water partition coefficient (Wildman–Crippen LogP) is 1.51. The summed E-state index contributed by atoms with van der Waals surface area (Å²) < 4.78 is 4.74. The molecule has 28 heavy (non-hydrogen) atoms. The number of hydrogen-bond acceptors (Lipinski definition) is 6. The van der Waals surface area contributed by atoms with Crippen LogP contribution in [0.2, 0.25) is 0 Å². The fraction of sp³-hybridized carbons (Fsp3) is 0.300. The molecule has 0 bridgehead atoms. The summed E-state index contributed by atoms with van der Waals surface area (Å²) in [6.45, 7) is 2.85. The van der Waals surface area contributed by atoms with Gasteiger partial charge in [-0.15, -0.1) is 0 Å². The minimum atomic E-state index is -0.545. The second-order valence-electron chi connectivity index (χ2n) is 6.52. The maximum Gasteiger partial charge on any atom is 0.339 e. The third kappa shape index (κ3) is 4.34. The zero-order valence-electron chi connectivity index (χ0n) is 15.8. The minimum Gasteiger partial charge on any atom is -0.465 e. The van der Waals surface area contributed by atoms with Crippen molar-refractivity contribution in [1.82, 2.24) is 14.8 Å². The quantitative estimate of drug-likeness (QED) is 0.806. The van der Waals surface area contributed by atoms with E-state index in [9.17, 15) is 14.4 Å². The van der Waals surface area contributed by atoms with Crippen molar-refractivity contribution in [2.24, 2.45) is 0 Å². The van der Waals surface area contributed by atoms with Gasteiger partial charge in [0.05, 0.1) is 18.4 Å². The van der Waals surface area contributed by atoms with Crippen LogP contribution in [0.3, 0.4) is 0 Å². The highest BCUT2D eigenvalue weighted by Gasteiger charge is 2.22. The molecule has 0 radical (unpaired) electrons. The Morgan fingerprint density at radius 1 is 1.07 bits per heavy atom. The lowest BCUT2D eigenvalue weighted by molar-refractivity contribution is 0.0601. The number of benzene rings is 1. The number of pyridine rings is 1. The number of amides is 2. The largest absolute Gasteiger partial charge is 0.465 e. The number of methoxy groups -OCH3 is 1. The number of carbonyl (C=O) groups is 3. The molecule has 2 aromatic rings. The molecule has 8 nitrogen and oxygen atoms in total. The Morgan fingerprint density at radius 2 is 1.79 bits per heavy atom. The number of ether oxygens (including phenoxy) is 1. The number of nitrogens with zero attached hydrogens (tertiary/aromatic N) is 3. The van der Waals surface area contributed by atoms with Gasteiger partial charge in [0, 0.05) is 37.9 Å². The summed E-state index contributed by atoms with van der Waals surface area (Å²) >= 11 is 0. The highest BCUT2D eigenvalue weighted by Crippen LogP contribution is 2.17. The Bertz CT molecular complexity index is 891. The maximum atomic E-state index is 12.7. The summed E-state index contributed by atoms with van der Waals surface area (Å²) in [4.78, 5) is 45.2. The lowest BCUT2D eigenvalue weighted by Crippen LogP contribution is -2.47. The van der Waals surface area contributed by atoms with Gasteiger partial charge in [-0.3, -0.25) is 14.6 Å². The first-order valence-electron chi connectivity index (χ1n) is 8.92. The molecule has 0 unspecified atom stereocenters. The van der Waals surface area contributed by atoms with Crippen LogP contribution in [0.5, 0.6) is 0 Å². The summed E-state index contributed by atoms with van der Waals surface area (Å²) in [5, 5.41) is 2.69. The van der Waals surface area contributed by atoms with E-state index in [0.717, 1.165) is 13.1 Å². The number of carbonyl (C=O) groups excluding carboxylic acids is 3. The van der Waals surface area contributed by atoms with Crippen molar-refractivity contribution in [2.75, 3.05) is 45.7 Å². The van der Waals surface area contributed by atoms with E-state index >= 15 is 0 Å². The number of esters is 1. The zero-order chi connectivity index (χ0) is 20.1. The van der Waals surface area contributed by atoms with Gasteiger partial charge >= 0.3 is 5.97 Å². The van der Waals surface area contributed by atoms with Crippen molar-refractivity contribution in [2.45, 2.75) is 0 Å². The Labute approximate surface area is 163 Å². The molecule has 0 spiro atoms. The summed E-state index contributed by atoms with van der Waals surface area (Å²) in [5.74, 6) is -1.18. The molecule has 1 fully saturated rings. The van der Waals surface area contributed by atoms with Crippen molar-refractivity contribution in [3.05, 3.63) is 59.4 Å². The molecule has 0 atom stereocenters. The van der Waals surface area contributed by atoms with Gasteiger partial charge in [-0.1, -0.05) is 12.1 Å². The highest BCUT2D eigenvalue weighted by atomic mass is 16.5. The number of nitrogens with one attached hydrogen (secondary N) is 1. The first-order chi connectivity index (χ1) is 13.5. The molecule has 0 aliphatic carbocycles. The van der Waals surface area contributed by atoms with E-state index in [1.54, 1.807) is 29.2 Å². The summed E-state index contributed by atoms with van der Waals surface area (Å²) in [6, 6.07) is 9.56. The number of likely N-dealkylation sites (N-methyl/N-ethyl adjacent to an activating group) is 1. The van der Waals surface area contributed by atoms with Crippen LogP contribution >= 0.6 is 0 Å². The van der Waals surface area contributed by atoms with Crippen molar-refractivity contribution < 1.29 is 19.1 Å². The van der Waals surface area contributed by atoms with E-state index in [1.807, 2.05) is 7.05 Å². The molecule has 1 aliphatic rings. The molecule has 0 saturated carbocycles. The van der Waals surface area contributed by atoms with Crippen molar-refractivity contribution in [3.8, 4) is 0 Å². The molecule has 1 saturated heterocycles. The van der Waals surface area contributed by atoms with Crippen LogP contribution in [0.15, 0.2) is 42.6 Å². The number of hydrogen-bond donors (Lipinski definition) is 1. The van der Waals surface area contributed by atoms with E-state index in [4.69, 9.17) is 4.74 Å². The molecule has 146 valence electrons. The van der Waals surface area contributed by atoms with Crippen LogP contribution in [0.4, 0.5) is 5.69 Å². The lowest BCUT2D eigenvalue weighted by atomic mass is 10.1. The van der Waals surface area contributed by atoms with Crippen molar-refractivity contribution in [3.63, 3.8) is 0 Å². The third-order valence-corrected chi connectivity index (χ3v) is 4.61. The third-order valence-electron chi connectivity index (χ3n) is 4.61. The summed E-state index contributed by atoms with van der Waals surface area (Å²) in [5.41, 5.74) is 1.09. The molecule has 1 aromatic carbocycles. The molecule has 2 heterocycles. The van der Waals surface area contributed by atoms with E-state index in [0.29, 0.717) is 18.8 Å². The molecular formula is C20H22N4O4. The number of aromatic nitrogens is 1. The number of rotatable bonds is 4. The fourth-order valence-corrected chi connectivity index (χ4v) is 2.93. The number of para-hydroxylation sites is 1. The number of piperazine rings is 1. The van der Waals surface area contributed by atoms with E-state index in [1.165, 1.54) is 25.4 Å². The average molecular weight is 382 g/mol. The first kappa shape index (κ1) is 19.5. The standard InChI is InChI=1S/C20H22N4O4/c1-23-9-11-24(12-10-23)19(26)17-13-14(7-8-21-17)18(25)22-16-6-4-3-5-15(16)20(27)28-2/h3-8,13H,9-12H2,1-2H3,(H,22,25). The van der Waals surface area contributed by atoms with Crippen LogP contribution in [-0.4, -0.2) is 72.9 Å². The SMILES string of the molecule is COC(=O)c1ccccc1NC(=O)c1ccnc(C(=O)N2CCN(C)CC2)c1. The second-order valence-corrected chi connectivity index (χ2v) is 6.52. The molecule has 2 amide bonds. The van der Waals surface area contributed by atoms with Gasteiger partial charge in [0.2, 0.25) is 0 Å². The molecule has 1 aliphatic heterocycles. The minimum absolute atomic E-state index is 0.197. The van der Waals surface area contributed by atoms with Crippen molar-refractivity contribution in [1.29, 1.82) is 0 Å². The lowest BCUT2D eigenvalue weighted by Gasteiger charge is -2.32. The maximum absolute atomic E-state index is 12.7. The van der Waals surface area contributed by atoms with Gasteiger partial charge in [-0.2, -0.15) is 0 Å². The highest BCUT2D eigenvalue weighted by molar-refractivity contribution is 6.08. The molecular weight excluding hydrogens is 360 g/mol. The number of anilines is 1. The van der Waals surface area contributed by atoms with Gasteiger partial charge in [-0.25, -0.2) is 4.79 Å². The predicted molar refractivity (Wildman–Crippen MR) is 103 cm³/mol. The van der Waals surface area contributed by atoms with Gasteiger partial charge < -0.3 is 19.9 Å². The Hall–Kier alpha value is -3.26. The molecule has 1 N–H and O–H groups in total. The van der Waals surface area contributed by atoms with Crippen LogP contribution in [0.25, 0.3) is 0 Å². The zero-order valence-corrected chi connectivity index (χ0v) is 15.8. The van der Waals surface area contributed by atoms with Crippen LogP contribution in [0.1, 0.15) is 31.2 Å². The van der Waals surface area contributed by atoms with E-state index in [2.05, 4.69) is 15.2 Å². The molecule has 8 heteroatoms. The van der Waals surface area contributed by atoms with Crippen molar-refractivity contribution >= 4 is 23.5 Å². The van der Waals surface area contributed by atoms with Crippen LogP contribution < -0.4 is 5.32 Å². The molecule has 3 rings (SSSR count). The topological polar surface area (TPSA) is 91.8 Å². The van der Waals surface area contributed by atoms with Gasteiger partial charge in [0.1, 0.15) is 5.69 Å². The Balaban J connectivity index is 1.76. The van der Waals surface area contributed by atoms with Gasteiger partial charge in [-0.05, 0) is 31.3 Å². The fourth-order valence-electron chi connectivity index (χ4n) is 2.93. The second kappa shape index (κ2) is 8.62. The Morgan fingerprint density at radius 3 is 2.50 bits per heavy atom. The van der Waals surface area contributed by atoms with Gasteiger partial charge in [0.25, 0.3) is 11.8 Å². The molecule has 1 aromatic heterocycles. The van der Waals surface area contributed by atoms with E-state index < -0.39 is 11.9 Å². The monoisotopic (exact) mass is 382 g/mol.